The fourth-order valence-corrected chi connectivity index (χ4v) is 3.37. The van der Waals surface area contributed by atoms with Crippen LogP contribution in [0.25, 0.3) is 10.9 Å². The number of aryl methyl sites for hydroxylation is 1. The molecule has 1 aromatic carbocycles. The van der Waals surface area contributed by atoms with Crippen molar-refractivity contribution in [3.63, 3.8) is 0 Å². The summed E-state index contributed by atoms with van der Waals surface area (Å²) in [6, 6.07) is 5.43. The van der Waals surface area contributed by atoms with Crippen molar-refractivity contribution in [3.8, 4) is 0 Å². The number of carbonyl (C=O) groups is 2. The number of rotatable bonds is 3. The summed E-state index contributed by atoms with van der Waals surface area (Å²) < 4.78 is 1.32. The van der Waals surface area contributed by atoms with Gasteiger partial charge >= 0.3 is 0 Å². The molecule has 2 aromatic rings. The summed E-state index contributed by atoms with van der Waals surface area (Å²) in [5, 5.41) is 0.497. The highest BCUT2D eigenvalue weighted by Gasteiger charge is 2.31. The number of hydrogen-bond donors (Lipinski definition) is 1. The van der Waals surface area contributed by atoms with Gasteiger partial charge in [-0.3, -0.25) is 19.0 Å². The first-order valence-corrected chi connectivity index (χ1v) is 8.42. The molecule has 2 atom stereocenters. The van der Waals surface area contributed by atoms with E-state index in [4.69, 9.17) is 5.73 Å². The van der Waals surface area contributed by atoms with E-state index in [-0.39, 0.29) is 35.9 Å². The lowest BCUT2D eigenvalue weighted by Crippen LogP contribution is -2.50. The first-order valence-electron chi connectivity index (χ1n) is 8.42. The number of amides is 2. The zero-order valence-electron chi connectivity index (χ0n) is 14.4. The number of benzene rings is 1. The lowest BCUT2D eigenvalue weighted by molar-refractivity contribution is -0.138. The van der Waals surface area contributed by atoms with Gasteiger partial charge in [-0.25, -0.2) is 4.98 Å². The Morgan fingerprint density at radius 2 is 2.08 bits per heavy atom. The van der Waals surface area contributed by atoms with E-state index in [0.29, 0.717) is 23.9 Å². The maximum Gasteiger partial charge on any atom is 0.261 e. The number of para-hydroxylation sites is 1. The summed E-state index contributed by atoms with van der Waals surface area (Å²) in [4.78, 5) is 42.7. The summed E-state index contributed by atoms with van der Waals surface area (Å²) in [7, 11) is 0. The summed E-state index contributed by atoms with van der Waals surface area (Å²) in [6.07, 6.45) is 2.83. The number of piperidine rings is 1. The lowest BCUT2D eigenvalue weighted by atomic mass is 9.93. The first-order chi connectivity index (χ1) is 11.9. The van der Waals surface area contributed by atoms with Gasteiger partial charge in [0, 0.05) is 12.6 Å². The van der Waals surface area contributed by atoms with Gasteiger partial charge in [-0.2, -0.15) is 0 Å². The molecule has 132 valence electrons. The third-order valence-corrected chi connectivity index (χ3v) is 4.97. The van der Waals surface area contributed by atoms with E-state index in [1.807, 2.05) is 19.9 Å². The smallest absolute Gasteiger partial charge is 0.261 e. The first kappa shape index (κ1) is 17.1. The molecule has 0 radical (unpaired) electrons. The zero-order chi connectivity index (χ0) is 18.1. The van der Waals surface area contributed by atoms with E-state index in [1.165, 1.54) is 10.9 Å². The molecule has 2 heterocycles. The largest absolute Gasteiger partial charge is 0.369 e. The third kappa shape index (κ3) is 3.26. The van der Waals surface area contributed by atoms with Crippen LogP contribution >= 0.6 is 0 Å². The Labute approximate surface area is 145 Å². The average molecular weight is 342 g/mol. The molecule has 1 aliphatic heterocycles. The highest BCUT2D eigenvalue weighted by Crippen LogP contribution is 2.22. The van der Waals surface area contributed by atoms with Crippen LogP contribution in [0.4, 0.5) is 0 Å². The lowest BCUT2D eigenvalue weighted by Gasteiger charge is -2.37. The minimum atomic E-state index is -0.385. The van der Waals surface area contributed by atoms with Gasteiger partial charge in [-0.05, 0) is 38.3 Å². The van der Waals surface area contributed by atoms with Crippen molar-refractivity contribution >= 4 is 22.7 Å². The SMILES string of the molecule is Cc1cccc2c(=O)n(CC(=O)N3C[C@H](C(N)=O)CC[C@@H]3C)cnc12. The quantitative estimate of drug-likeness (QED) is 0.892. The molecule has 0 spiro atoms. The minimum absolute atomic E-state index is 0.0227. The Kier molecular flexibility index (Phi) is 4.57. The van der Waals surface area contributed by atoms with Crippen molar-refractivity contribution in [2.24, 2.45) is 11.7 Å². The van der Waals surface area contributed by atoms with Gasteiger partial charge in [-0.15, -0.1) is 0 Å². The van der Waals surface area contributed by atoms with Crippen LogP contribution in [-0.4, -0.2) is 38.9 Å². The van der Waals surface area contributed by atoms with Crippen LogP contribution in [0.3, 0.4) is 0 Å². The van der Waals surface area contributed by atoms with Gasteiger partial charge in [0.15, 0.2) is 0 Å². The van der Waals surface area contributed by atoms with Gasteiger partial charge in [0.25, 0.3) is 5.56 Å². The van der Waals surface area contributed by atoms with Gasteiger partial charge < -0.3 is 10.6 Å². The molecule has 0 aliphatic carbocycles. The molecular formula is C18H22N4O3. The highest BCUT2D eigenvalue weighted by molar-refractivity contribution is 5.82. The van der Waals surface area contributed by atoms with E-state index >= 15 is 0 Å². The second-order valence-electron chi connectivity index (χ2n) is 6.72. The molecule has 1 aliphatic rings. The predicted octanol–water partition coefficient (Wildman–Crippen LogP) is 0.817. The second kappa shape index (κ2) is 6.66. The molecule has 0 saturated carbocycles. The Morgan fingerprint density at radius 3 is 2.80 bits per heavy atom. The fraction of sp³-hybridized carbons (Fsp3) is 0.444. The number of likely N-dealkylation sites (tertiary alicyclic amines) is 1. The molecule has 7 heteroatoms. The monoisotopic (exact) mass is 342 g/mol. The van der Waals surface area contributed by atoms with E-state index in [2.05, 4.69) is 4.98 Å². The van der Waals surface area contributed by atoms with Crippen LogP contribution < -0.4 is 11.3 Å². The standard InChI is InChI=1S/C18H22N4O3/c1-11-4-3-5-14-16(11)20-10-21(18(14)25)9-15(23)22-8-13(17(19)24)7-6-12(22)2/h3-5,10,12-13H,6-9H2,1-2H3,(H2,19,24)/t12-,13+/m0/s1. The van der Waals surface area contributed by atoms with Crippen molar-refractivity contribution in [1.29, 1.82) is 0 Å². The van der Waals surface area contributed by atoms with Gasteiger partial charge in [-0.1, -0.05) is 12.1 Å². The van der Waals surface area contributed by atoms with Crippen LogP contribution in [0.1, 0.15) is 25.3 Å². The van der Waals surface area contributed by atoms with E-state index in [1.54, 1.807) is 17.0 Å². The van der Waals surface area contributed by atoms with Crippen LogP contribution in [0.5, 0.6) is 0 Å². The third-order valence-electron chi connectivity index (χ3n) is 4.97. The Hall–Kier alpha value is -2.70. The van der Waals surface area contributed by atoms with Crippen LogP contribution in [0.15, 0.2) is 29.3 Å². The number of fused-ring (bicyclic) bond motifs is 1. The highest BCUT2D eigenvalue weighted by atomic mass is 16.2. The Bertz CT molecular complexity index is 890. The topological polar surface area (TPSA) is 98.3 Å². The predicted molar refractivity (Wildman–Crippen MR) is 93.8 cm³/mol. The van der Waals surface area contributed by atoms with Crippen molar-refractivity contribution in [1.82, 2.24) is 14.5 Å². The van der Waals surface area contributed by atoms with Gasteiger partial charge in [0.05, 0.1) is 23.1 Å². The van der Waals surface area contributed by atoms with E-state index in [9.17, 15) is 14.4 Å². The van der Waals surface area contributed by atoms with Crippen LogP contribution in [0, 0.1) is 12.8 Å². The summed E-state index contributed by atoms with van der Waals surface area (Å²) in [6.45, 7) is 4.05. The molecule has 0 bridgehead atoms. The summed E-state index contributed by atoms with van der Waals surface area (Å²) in [5.74, 6) is -0.909. The molecule has 25 heavy (non-hydrogen) atoms. The Morgan fingerprint density at radius 1 is 1.32 bits per heavy atom. The van der Waals surface area contributed by atoms with Crippen molar-refractivity contribution in [2.45, 2.75) is 39.3 Å². The molecule has 1 aromatic heterocycles. The number of nitrogens with two attached hydrogens (primary N) is 1. The van der Waals surface area contributed by atoms with Crippen molar-refractivity contribution in [2.75, 3.05) is 6.54 Å². The summed E-state index contributed by atoms with van der Waals surface area (Å²) >= 11 is 0. The Balaban J connectivity index is 1.85. The average Bonchev–Trinajstić information content (AvgIpc) is 2.58. The summed E-state index contributed by atoms with van der Waals surface area (Å²) in [5.41, 5.74) is 6.72. The van der Waals surface area contributed by atoms with Crippen LogP contribution in [0.2, 0.25) is 0 Å². The maximum absolute atomic E-state index is 12.7. The second-order valence-corrected chi connectivity index (χ2v) is 6.72. The fourth-order valence-electron chi connectivity index (χ4n) is 3.37. The molecular weight excluding hydrogens is 320 g/mol. The normalized spacial score (nSPS) is 20.6. The number of aromatic nitrogens is 2. The molecule has 2 amide bonds. The van der Waals surface area contributed by atoms with E-state index < -0.39 is 0 Å². The number of hydrogen-bond acceptors (Lipinski definition) is 4. The molecule has 0 unspecified atom stereocenters. The molecule has 2 N–H and O–H groups in total. The number of carbonyl (C=O) groups excluding carboxylic acids is 2. The number of primary amides is 1. The van der Waals surface area contributed by atoms with Crippen molar-refractivity contribution < 1.29 is 9.59 Å². The molecule has 3 rings (SSSR count). The van der Waals surface area contributed by atoms with E-state index in [0.717, 1.165) is 12.0 Å². The minimum Gasteiger partial charge on any atom is -0.369 e. The van der Waals surface area contributed by atoms with Gasteiger partial charge in [0.1, 0.15) is 6.54 Å². The van der Waals surface area contributed by atoms with Gasteiger partial charge in [0.2, 0.25) is 11.8 Å². The maximum atomic E-state index is 12.7. The zero-order valence-corrected chi connectivity index (χ0v) is 14.4. The number of nitrogens with zero attached hydrogens (tertiary/aromatic N) is 3. The molecule has 7 nitrogen and oxygen atoms in total. The molecule has 1 saturated heterocycles. The molecule has 1 fully saturated rings. The van der Waals surface area contributed by atoms with Crippen molar-refractivity contribution in [3.05, 3.63) is 40.4 Å². The van der Waals surface area contributed by atoms with Crippen LogP contribution in [-0.2, 0) is 16.1 Å².